The molecular formula is C9H10NaO3. The van der Waals surface area contributed by atoms with Crippen LogP contribution in [0.4, 0.5) is 0 Å². The molecule has 0 fully saturated rings. The van der Waals surface area contributed by atoms with E-state index >= 15 is 0 Å². The van der Waals surface area contributed by atoms with Crippen LogP contribution in [0.5, 0.6) is 0 Å². The smallest absolute Gasteiger partial charge is 0.300 e. The van der Waals surface area contributed by atoms with Gasteiger partial charge in [0.05, 0.1) is 5.92 Å². The summed E-state index contributed by atoms with van der Waals surface area (Å²) in [4.78, 5) is 14.5. The average molecular weight is 189 g/mol. The molecule has 0 aromatic heterocycles. The first kappa shape index (κ1) is 12.7. The van der Waals surface area contributed by atoms with Gasteiger partial charge in [0.25, 0.3) is 0 Å². The Hall–Kier alpha value is -0.350. The van der Waals surface area contributed by atoms with Crippen molar-refractivity contribution in [3.05, 3.63) is 35.9 Å². The first-order chi connectivity index (χ1) is 5.75. The average Bonchev–Trinajstić information content (AvgIpc) is 2.17. The number of hydrogen-bond acceptors (Lipinski definition) is 3. The zero-order valence-corrected chi connectivity index (χ0v) is 9.73. The van der Waals surface area contributed by atoms with E-state index in [4.69, 9.17) is 5.26 Å². The minimum absolute atomic E-state index is 0. The van der Waals surface area contributed by atoms with E-state index < -0.39 is 11.9 Å². The fourth-order valence-electron chi connectivity index (χ4n) is 0.957. The number of carbonyl (C=O) groups is 1. The third kappa shape index (κ3) is 3.48. The summed E-state index contributed by atoms with van der Waals surface area (Å²) >= 11 is 0. The summed E-state index contributed by atoms with van der Waals surface area (Å²) in [6.45, 7) is 1.67. The van der Waals surface area contributed by atoms with Crippen LogP contribution in [0.15, 0.2) is 30.3 Å². The largest absolute Gasteiger partial charge is 0.349 e. The minimum atomic E-state index is -0.638. The van der Waals surface area contributed by atoms with Crippen molar-refractivity contribution in [2.75, 3.05) is 0 Å². The van der Waals surface area contributed by atoms with Crippen LogP contribution in [0.2, 0.25) is 0 Å². The Morgan fingerprint density at radius 3 is 2.38 bits per heavy atom. The normalized spacial score (nSPS) is 11.2. The van der Waals surface area contributed by atoms with Gasteiger partial charge in [-0.05, 0) is 12.5 Å². The van der Waals surface area contributed by atoms with Crippen molar-refractivity contribution < 1.29 is 14.9 Å². The second-order valence-corrected chi connectivity index (χ2v) is 2.54. The number of hydrogen-bond donors (Lipinski definition) is 1. The minimum Gasteiger partial charge on any atom is -0.300 e. The first-order valence-corrected chi connectivity index (χ1v) is 3.66. The molecule has 1 radical (unpaired) electrons. The van der Waals surface area contributed by atoms with E-state index in [-0.39, 0.29) is 29.6 Å². The van der Waals surface area contributed by atoms with Crippen molar-refractivity contribution in [3.8, 4) is 0 Å². The maximum atomic E-state index is 10.8. The van der Waals surface area contributed by atoms with Crippen LogP contribution in [0.1, 0.15) is 18.4 Å². The summed E-state index contributed by atoms with van der Waals surface area (Å²) in [7, 11) is 0. The van der Waals surface area contributed by atoms with Crippen molar-refractivity contribution in [1.82, 2.24) is 0 Å². The maximum Gasteiger partial charge on any atom is 0.349 e. The molecule has 65 valence electrons. The fourth-order valence-corrected chi connectivity index (χ4v) is 0.957. The molecule has 1 N–H and O–H groups in total. The maximum absolute atomic E-state index is 10.8. The van der Waals surface area contributed by atoms with Crippen LogP contribution < -0.4 is 0 Å². The molecular weight excluding hydrogens is 179 g/mol. The Morgan fingerprint density at radius 1 is 1.38 bits per heavy atom. The predicted octanol–water partition coefficient (Wildman–Crippen LogP) is 1.43. The third-order valence-corrected chi connectivity index (χ3v) is 1.74. The van der Waals surface area contributed by atoms with Crippen molar-refractivity contribution >= 4 is 35.5 Å². The van der Waals surface area contributed by atoms with Gasteiger partial charge in [-0.25, -0.2) is 4.79 Å². The quantitative estimate of drug-likeness (QED) is 0.435. The van der Waals surface area contributed by atoms with Crippen LogP contribution in [0.25, 0.3) is 0 Å². The van der Waals surface area contributed by atoms with E-state index in [1.807, 2.05) is 30.3 Å². The van der Waals surface area contributed by atoms with Gasteiger partial charge < -0.3 is 4.89 Å². The van der Waals surface area contributed by atoms with E-state index in [0.29, 0.717) is 0 Å². The number of carbonyl (C=O) groups excluding carboxylic acids is 1. The second-order valence-electron chi connectivity index (χ2n) is 2.54. The van der Waals surface area contributed by atoms with Crippen LogP contribution in [-0.2, 0) is 9.68 Å². The molecule has 1 unspecified atom stereocenters. The van der Waals surface area contributed by atoms with Gasteiger partial charge in [-0.3, -0.25) is 0 Å². The summed E-state index contributed by atoms with van der Waals surface area (Å²) in [5, 5.41) is 8.12. The van der Waals surface area contributed by atoms with Gasteiger partial charge in [-0.1, -0.05) is 30.3 Å². The Morgan fingerprint density at radius 2 is 1.92 bits per heavy atom. The van der Waals surface area contributed by atoms with Crippen LogP contribution in [0.3, 0.4) is 0 Å². The molecule has 4 heteroatoms. The molecule has 0 saturated heterocycles. The molecule has 0 amide bonds. The zero-order valence-electron chi connectivity index (χ0n) is 7.73. The van der Waals surface area contributed by atoms with Gasteiger partial charge in [0.15, 0.2) is 0 Å². The molecule has 3 nitrogen and oxygen atoms in total. The molecule has 13 heavy (non-hydrogen) atoms. The summed E-state index contributed by atoms with van der Waals surface area (Å²) in [6, 6.07) is 9.14. The standard InChI is InChI=1S/C9H10O3.Na/c1-7(9(10)12-11)8-5-3-2-4-6-8;/h2-7,11H,1H3;. The number of benzene rings is 1. The van der Waals surface area contributed by atoms with Gasteiger partial charge in [-0.15, -0.1) is 0 Å². The molecule has 1 atom stereocenters. The van der Waals surface area contributed by atoms with Crippen LogP contribution in [0, 0.1) is 0 Å². The Labute approximate surface area is 98.9 Å². The molecule has 0 aliphatic carbocycles. The van der Waals surface area contributed by atoms with Crippen molar-refractivity contribution in [2.45, 2.75) is 12.8 Å². The molecule has 0 spiro atoms. The SMILES string of the molecule is CC(C(=O)OO)c1ccccc1.[Na]. The molecule has 0 aliphatic heterocycles. The Balaban J connectivity index is 0.00000144. The van der Waals surface area contributed by atoms with E-state index in [1.165, 1.54) is 0 Å². The Kier molecular flexibility index (Phi) is 5.99. The molecule has 1 aromatic carbocycles. The summed E-state index contributed by atoms with van der Waals surface area (Å²) < 4.78 is 0. The molecule has 0 bridgehead atoms. The van der Waals surface area contributed by atoms with Crippen molar-refractivity contribution in [2.24, 2.45) is 0 Å². The molecule has 0 saturated carbocycles. The predicted molar refractivity (Wildman–Crippen MR) is 49.3 cm³/mol. The van der Waals surface area contributed by atoms with Crippen molar-refractivity contribution in [1.29, 1.82) is 0 Å². The van der Waals surface area contributed by atoms with Gasteiger partial charge in [-0.2, -0.15) is 5.26 Å². The van der Waals surface area contributed by atoms with Gasteiger partial charge in [0.2, 0.25) is 0 Å². The summed E-state index contributed by atoms with van der Waals surface area (Å²) in [5.41, 5.74) is 0.830. The first-order valence-electron chi connectivity index (χ1n) is 3.66. The number of rotatable bonds is 2. The van der Waals surface area contributed by atoms with Crippen molar-refractivity contribution in [3.63, 3.8) is 0 Å². The summed E-state index contributed by atoms with van der Waals surface area (Å²) in [5.74, 6) is -1.06. The molecule has 0 aliphatic rings. The van der Waals surface area contributed by atoms with Gasteiger partial charge >= 0.3 is 5.97 Å². The van der Waals surface area contributed by atoms with Gasteiger partial charge in [0.1, 0.15) is 0 Å². The molecule has 1 rings (SSSR count). The topological polar surface area (TPSA) is 46.5 Å². The van der Waals surface area contributed by atoms with E-state index in [0.717, 1.165) is 5.56 Å². The molecule has 0 heterocycles. The van der Waals surface area contributed by atoms with Crippen LogP contribution in [-0.4, -0.2) is 40.8 Å². The second kappa shape index (κ2) is 6.16. The van der Waals surface area contributed by atoms with E-state index in [9.17, 15) is 4.79 Å². The van der Waals surface area contributed by atoms with E-state index in [1.54, 1.807) is 6.92 Å². The van der Waals surface area contributed by atoms with Gasteiger partial charge in [0, 0.05) is 29.6 Å². The van der Waals surface area contributed by atoms with E-state index in [2.05, 4.69) is 4.89 Å². The zero-order chi connectivity index (χ0) is 8.97. The Bertz CT molecular complexity index is 261. The van der Waals surface area contributed by atoms with Crippen LogP contribution >= 0.6 is 0 Å². The fraction of sp³-hybridized carbons (Fsp3) is 0.222. The molecule has 1 aromatic rings. The summed E-state index contributed by atoms with van der Waals surface area (Å²) in [6.07, 6.45) is 0. The third-order valence-electron chi connectivity index (χ3n) is 1.74. The monoisotopic (exact) mass is 189 g/mol.